The van der Waals surface area contributed by atoms with E-state index in [1.54, 1.807) is 18.2 Å². The summed E-state index contributed by atoms with van der Waals surface area (Å²) in [6, 6.07) is 62.3. The molecule has 0 aliphatic heterocycles. The predicted molar refractivity (Wildman–Crippen MR) is 302 cm³/mol. The smallest absolute Gasteiger partial charge is 0.139 e. The minimum atomic E-state index is -0.446. The third kappa shape index (κ3) is 7.50. The van der Waals surface area contributed by atoms with Crippen molar-refractivity contribution in [1.29, 1.82) is 0 Å². The molecular weight excluding hydrogens is 925 g/mol. The summed E-state index contributed by atoms with van der Waals surface area (Å²) >= 11 is 0. The Morgan fingerprint density at radius 3 is 0.733 bits per heavy atom. The van der Waals surface area contributed by atoms with E-state index in [1.807, 2.05) is 182 Å². The molecule has 0 aromatic heterocycles. The Morgan fingerprint density at radius 2 is 0.467 bits per heavy atom. The van der Waals surface area contributed by atoms with Gasteiger partial charge in [0.25, 0.3) is 0 Å². The Hall–Kier alpha value is -10.3. The first-order valence-electron chi connectivity index (χ1n) is 24.6. The van der Waals surface area contributed by atoms with E-state index in [-0.39, 0.29) is 34.5 Å². The first kappa shape index (κ1) is 44.6. The van der Waals surface area contributed by atoms with Crippen LogP contribution in [-0.2, 0) is 0 Å². The van der Waals surface area contributed by atoms with Gasteiger partial charge < -0.3 is 30.6 Å². The normalized spacial score (nSPS) is 14.8. The van der Waals surface area contributed by atoms with Crippen LogP contribution in [0, 0.1) is 53.3 Å². The van der Waals surface area contributed by atoms with Gasteiger partial charge in [-0.2, -0.15) is 0 Å². The van der Waals surface area contributed by atoms with Gasteiger partial charge in [0.15, 0.2) is 0 Å². The fraction of sp³-hybridized carbons (Fsp3) is 0.0435. The summed E-state index contributed by atoms with van der Waals surface area (Å²) in [5.74, 6) is 18.7. The second kappa shape index (κ2) is 17.8. The van der Waals surface area contributed by atoms with E-state index < -0.39 is 17.8 Å². The van der Waals surface area contributed by atoms with Gasteiger partial charge in [-0.25, -0.2) is 0 Å². The van der Waals surface area contributed by atoms with Crippen LogP contribution in [0.1, 0.15) is 16.7 Å². The maximum atomic E-state index is 12.3. The van der Waals surface area contributed by atoms with Crippen LogP contribution in [0.5, 0.6) is 34.5 Å². The molecule has 6 heteroatoms. The first-order chi connectivity index (χ1) is 36.7. The quantitative estimate of drug-likeness (QED) is 0.0981. The molecule has 0 saturated heterocycles. The maximum absolute atomic E-state index is 12.3. The molecule has 12 aromatic carbocycles. The van der Waals surface area contributed by atoms with Gasteiger partial charge in [0.05, 0.1) is 34.4 Å². The van der Waals surface area contributed by atoms with Crippen LogP contribution in [0.2, 0.25) is 0 Å². The van der Waals surface area contributed by atoms with Gasteiger partial charge in [0.1, 0.15) is 34.5 Å². The molecule has 0 heterocycles. The second-order valence-electron chi connectivity index (χ2n) is 19.0. The second-order valence-corrected chi connectivity index (χ2v) is 19.0. The molecule has 6 nitrogen and oxygen atoms in total. The monoisotopic (exact) mass is 966 g/mol. The molecule has 0 unspecified atom stereocenters. The topological polar surface area (TPSA) is 121 Å². The van der Waals surface area contributed by atoms with Crippen molar-refractivity contribution in [3.63, 3.8) is 0 Å². The molecule has 0 bridgehead atoms. The molecule has 1 fully saturated rings. The summed E-state index contributed by atoms with van der Waals surface area (Å²) in [5.41, 5.74) is 3.99. The van der Waals surface area contributed by atoms with Gasteiger partial charge in [-0.1, -0.05) is 199 Å². The number of hydrogen-bond donors (Lipinski definition) is 6. The van der Waals surface area contributed by atoms with Crippen molar-refractivity contribution in [2.24, 2.45) is 17.8 Å². The fourth-order valence-electron chi connectivity index (χ4n) is 11.0. The molecule has 1 aliphatic carbocycles. The van der Waals surface area contributed by atoms with E-state index >= 15 is 0 Å². The lowest BCUT2D eigenvalue weighted by molar-refractivity contribution is 0.469. The summed E-state index contributed by atoms with van der Waals surface area (Å²) in [5, 5.41) is 81.0. The zero-order chi connectivity index (χ0) is 50.9. The average Bonchev–Trinajstić information content (AvgIpc) is 4.12. The molecule has 6 N–H and O–H groups in total. The van der Waals surface area contributed by atoms with E-state index in [1.165, 1.54) is 0 Å². The van der Waals surface area contributed by atoms with Crippen molar-refractivity contribution in [2.75, 3.05) is 0 Å². The SMILES string of the molecule is Oc1ccc2ccccc2c1-c1c(O)c(C#CC2C(C#Cc3cc4ccccc4c(-c4c(O)ccc5ccccc45)c3O)C2C#Cc2cc3ccccc3c(-c3c(O)ccc4ccccc34)c2O)cc2ccccc12. The Balaban J connectivity index is 0.976. The van der Waals surface area contributed by atoms with Crippen LogP contribution < -0.4 is 0 Å². The molecule has 13 rings (SSSR count). The highest BCUT2D eigenvalue weighted by molar-refractivity contribution is 6.13. The highest BCUT2D eigenvalue weighted by Gasteiger charge is 2.48. The zero-order valence-corrected chi connectivity index (χ0v) is 40.0. The van der Waals surface area contributed by atoms with Gasteiger partial charge >= 0.3 is 0 Å². The highest BCUT2D eigenvalue weighted by Crippen LogP contribution is 2.51. The molecule has 0 radical (unpaired) electrons. The molecule has 354 valence electrons. The van der Waals surface area contributed by atoms with Crippen LogP contribution in [0.4, 0.5) is 0 Å². The van der Waals surface area contributed by atoms with Crippen LogP contribution in [-0.4, -0.2) is 30.6 Å². The lowest BCUT2D eigenvalue weighted by Crippen LogP contribution is -1.90. The molecule has 0 atom stereocenters. The van der Waals surface area contributed by atoms with Crippen LogP contribution in [0.25, 0.3) is 98.0 Å². The average molecular weight is 967 g/mol. The van der Waals surface area contributed by atoms with E-state index in [0.717, 1.165) is 64.6 Å². The predicted octanol–water partition coefficient (Wildman–Crippen LogP) is 15.2. The minimum absolute atomic E-state index is 0.0265. The van der Waals surface area contributed by atoms with Gasteiger partial charge in [-0.15, -0.1) is 0 Å². The number of phenols is 6. The number of fused-ring (bicyclic) bond motifs is 6. The van der Waals surface area contributed by atoms with Crippen LogP contribution in [0.3, 0.4) is 0 Å². The van der Waals surface area contributed by atoms with Crippen molar-refractivity contribution < 1.29 is 30.6 Å². The summed E-state index contributed by atoms with van der Waals surface area (Å²) in [7, 11) is 0. The zero-order valence-electron chi connectivity index (χ0n) is 40.0. The Labute approximate surface area is 431 Å². The lowest BCUT2D eigenvalue weighted by atomic mass is 9.90. The summed E-state index contributed by atoms with van der Waals surface area (Å²) in [4.78, 5) is 0. The number of rotatable bonds is 3. The standard InChI is InChI=1S/C69H42O6/c70-58-34-28-40-13-1-7-19-49(40)61(58)64-52-22-10-4-16-43(52)37-46(67(64)73)25-31-55-56(32-26-47-38-44-17-5-11-23-53(44)65(68(47)74)62-50-20-8-2-14-41(50)29-35-59(62)71)57(55)33-27-48-39-45-18-6-12-24-54(45)66(69(48)75)63-51-21-9-3-15-42(51)30-36-60(63)72/h1-24,28-30,34-39,55-57,70-75H. The Morgan fingerprint density at radius 1 is 0.240 bits per heavy atom. The first-order valence-corrected chi connectivity index (χ1v) is 24.6. The number of hydrogen-bond acceptors (Lipinski definition) is 6. The van der Waals surface area contributed by atoms with E-state index in [9.17, 15) is 30.6 Å². The Kier molecular flexibility index (Phi) is 10.6. The molecule has 0 amide bonds. The molecule has 75 heavy (non-hydrogen) atoms. The molecular formula is C69H42O6. The lowest BCUT2D eigenvalue weighted by Gasteiger charge is -2.15. The maximum Gasteiger partial charge on any atom is 0.139 e. The van der Waals surface area contributed by atoms with Gasteiger partial charge in [0.2, 0.25) is 0 Å². The molecule has 1 aliphatic rings. The molecule has 1 saturated carbocycles. The number of aromatic hydroxyl groups is 6. The summed E-state index contributed by atoms with van der Waals surface area (Å²) < 4.78 is 0. The largest absolute Gasteiger partial charge is 0.507 e. The fourth-order valence-corrected chi connectivity index (χ4v) is 11.0. The number of phenolic OH excluding ortho intramolecular Hbond substituents is 6. The minimum Gasteiger partial charge on any atom is -0.507 e. The van der Waals surface area contributed by atoms with E-state index in [4.69, 9.17) is 0 Å². The third-order valence-corrected chi connectivity index (χ3v) is 14.7. The Bertz CT molecular complexity index is 4140. The van der Waals surface area contributed by atoms with E-state index in [0.29, 0.717) is 50.1 Å². The van der Waals surface area contributed by atoms with Crippen molar-refractivity contribution in [3.05, 3.63) is 217 Å². The number of benzene rings is 12. The van der Waals surface area contributed by atoms with Crippen LogP contribution >= 0.6 is 0 Å². The van der Waals surface area contributed by atoms with Crippen molar-refractivity contribution >= 4 is 64.6 Å². The van der Waals surface area contributed by atoms with Crippen molar-refractivity contribution in [3.8, 4) is 103 Å². The van der Waals surface area contributed by atoms with Crippen LogP contribution in [0.15, 0.2) is 200 Å². The molecule has 0 spiro atoms. The van der Waals surface area contributed by atoms with Crippen molar-refractivity contribution in [1.82, 2.24) is 0 Å². The third-order valence-electron chi connectivity index (χ3n) is 14.7. The summed E-state index contributed by atoms with van der Waals surface area (Å²) in [6.07, 6.45) is 0. The van der Waals surface area contributed by atoms with Gasteiger partial charge in [0, 0.05) is 33.4 Å². The molecule has 12 aromatic rings. The highest BCUT2D eigenvalue weighted by atomic mass is 16.3. The van der Waals surface area contributed by atoms with E-state index in [2.05, 4.69) is 35.5 Å². The van der Waals surface area contributed by atoms with Gasteiger partial charge in [-0.05, 0) is 101 Å². The van der Waals surface area contributed by atoms with Crippen molar-refractivity contribution in [2.45, 2.75) is 0 Å². The van der Waals surface area contributed by atoms with Gasteiger partial charge in [-0.3, -0.25) is 0 Å². The summed E-state index contributed by atoms with van der Waals surface area (Å²) in [6.45, 7) is 0.